The number of benzene rings is 3. The summed E-state index contributed by atoms with van der Waals surface area (Å²) in [6.07, 6.45) is 0.00656. The number of aryl methyl sites for hydroxylation is 1. The van der Waals surface area contributed by atoms with E-state index in [0.29, 0.717) is 11.1 Å². The van der Waals surface area contributed by atoms with Gasteiger partial charge in [0.15, 0.2) is 11.2 Å². The van der Waals surface area contributed by atoms with Crippen LogP contribution in [0, 0.1) is 6.92 Å². The van der Waals surface area contributed by atoms with E-state index in [1.54, 1.807) is 24.3 Å². The molecule has 0 saturated carbocycles. The number of ketones is 1. The van der Waals surface area contributed by atoms with Crippen molar-refractivity contribution >= 4 is 33.6 Å². The number of cyclic esters (lactones) is 1. The van der Waals surface area contributed by atoms with Gasteiger partial charge in [0.25, 0.3) is 0 Å². The first kappa shape index (κ1) is 21.1. The van der Waals surface area contributed by atoms with E-state index in [1.165, 1.54) is 48.2 Å². The maximum absolute atomic E-state index is 12.6. The van der Waals surface area contributed by atoms with Crippen molar-refractivity contribution in [2.24, 2.45) is 0 Å². The topological polar surface area (TPSA) is 86.7 Å². The van der Waals surface area contributed by atoms with Gasteiger partial charge in [-0.2, -0.15) is 8.42 Å². The molecule has 1 atom stereocenters. The van der Waals surface area contributed by atoms with Gasteiger partial charge < -0.3 is 8.92 Å². The van der Waals surface area contributed by atoms with Crippen LogP contribution >= 0.6 is 11.8 Å². The lowest BCUT2D eigenvalue weighted by atomic mass is 10.1. The molecule has 3 aromatic rings. The van der Waals surface area contributed by atoms with Crippen LogP contribution in [0.4, 0.5) is 0 Å². The smallest absolute Gasteiger partial charge is 0.340 e. The quantitative estimate of drug-likeness (QED) is 0.305. The second kappa shape index (κ2) is 8.56. The number of ether oxygens (including phenoxy) is 1. The van der Waals surface area contributed by atoms with Crippen LogP contribution in [0.1, 0.15) is 32.7 Å². The van der Waals surface area contributed by atoms with Crippen LogP contribution in [-0.4, -0.2) is 25.6 Å². The zero-order valence-electron chi connectivity index (χ0n) is 16.5. The van der Waals surface area contributed by atoms with Gasteiger partial charge in [-0.1, -0.05) is 41.6 Å². The third kappa shape index (κ3) is 4.81. The molecular weight excluding hydrogens is 436 g/mol. The Labute approximate surface area is 184 Å². The lowest BCUT2D eigenvalue weighted by Crippen LogP contribution is -2.23. The summed E-state index contributed by atoms with van der Waals surface area (Å²) in [5.74, 6) is -0.570. The van der Waals surface area contributed by atoms with Crippen LogP contribution in [-0.2, 0) is 14.9 Å². The number of Topliss-reactive ketones (excluding diaryl/α,β-unsaturated/α-hetero) is 1. The molecule has 0 amide bonds. The second-order valence-electron chi connectivity index (χ2n) is 6.95. The third-order valence-corrected chi connectivity index (χ3v) is 7.04. The number of thioether (sulfide) groups is 1. The first-order valence-corrected chi connectivity index (χ1v) is 11.7. The molecule has 0 bridgehead atoms. The summed E-state index contributed by atoms with van der Waals surface area (Å²) in [7, 11) is -3.97. The summed E-state index contributed by atoms with van der Waals surface area (Å²) in [5, 5.41) is 0. The van der Waals surface area contributed by atoms with Crippen molar-refractivity contribution < 1.29 is 26.9 Å². The molecule has 8 heteroatoms. The van der Waals surface area contributed by atoms with E-state index in [9.17, 15) is 18.0 Å². The maximum Gasteiger partial charge on any atom is 0.340 e. The average Bonchev–Trinajstić information content (AvgIpc) is 2.74. The standard InChI is InChI=1S/C23H18O6S2/c1-15-6-12-18(13-7-15)31(26,27)29-17-10-8-16(9-11-17)20(24)14-22-28-23(25)19-4-2-3-5-21(19)30-22/h2-13,22H,14H2,1H3. The minimum Gasteiger partial charge on any atom is -0.447 e. The second-order valence-corrected chi connectivity index (χ2v) is 9.70. The zero-order valence-corrected chi connectivity index (χ0v) is 18.1. The number of rotatable bonds is 6. The van der Waals surface area contributed by atoms with Crippen LogP contribution in [0.25, 0.3) is 0 Å². The van der Waals surface area contributed by atoms with Crippen LogP contribution < -0.4 is 4.18 Å². The summed E-state index contributed by atoms with van der Waals surface area (Å²) < 4.78 is 35.3. The molecular formula is C23H18O6S2. The summed E-state index contributed by atoms with van der Waals surface area (Å²) in [4.78, 5) is 25.6. The number of carbonyl (C=O) groups is 2. The molecule has 0 radical (unpaired) electrons. The average molecular weight is 455 g/mol. The largest absolute Gasteiger partial charge is 0.447 e. The molecule has 0 aromatic heterocycles. The van der Waals surface area contributed by atoms with Crippen molar-refractivity contribution in [3.8, 4) is 5.75 Å². The van der Waals surface area contributed by atoms with Crippen molar-refractivity contribution in [1.29, 1.82) is 0 Å². The molecule has 0 N–H and O–H groups in total. The van der Waals surface area contributed by atoms with Gasteiger partial charge in [-0.25, -0.2) is 4.79 Å². The van der Waals surface area contributed by atoms with Crippen molar-refractivity contribution in [2.45, 2.75) is 28.6 Å². The Morgan fingerprint density at radius 2 is 1.68 bits per heavy atom. The monoisotopic (exact) mass is 454 g/mol. The number of fused-ring (bicyclic) bond motifs is 1. The number of esters is 1. The molecule has 0 saturated heterocycles. The highest BCUT2D eigenvalue weighted by Gasteiger charge is 2.28. The third-order valence-electron chi connectivity index (χ3n) is 4.65. The van der Waals surface area contributed by atoms with E-state index in [1.807, 2.05) is 19.1 Å². The van der Waals surface area contributed by atoms with Crippen molar-refractivity contribution in [1.82, 2.24) is 0 Å². The first-order chi connectivity index (χ1) is 14.8. The Hall–Kier alpha value is -3.10. The number of carbonyl (C=O) groups excluding carboxylic acids is 2. The summed E-state index contributed by atoms with van der Waals surface area (Å²) in [6.45, 7) is 1.86. The Balaban J connectivity index is 1.42. The normalized spacial score (nSPS) is 15.6. The van der Waals surface area contributed by atoms with Crippen LogP contribution in [0.5, 0.6) is 5.75 Å². The fourth-order valence-electron chi connectivity index (χ4n) is 3.02. The van der Waals surface area contributed by atoms with Gasteiger partial charge >= 0.3 is 16.1 Å². The highest BCUT2D eigenvalue weighted by atomic mass is 32.2. The summed E-state index contributed by atoms with van der Waals surface area (Å²) >= 11 is 1.33. The van der Waals surface area contributed by atoms with Gasteiger partial charge in [-0.15, -0.1) is 0 Å². The van der Waals surface area contributed by atoms with Gasteiger partial charge in [-0.05, 0) is 55.5 Å². The van der Waals surface area contributed by atoms with Crippen LogP contribution in [0.15, 0.2) is 82.6 Å². The van der Waals surface area contributed by atoms with Crippen LogP contribution in [0.3, 0.4) is 0 Å². The van der Waals surface area contributed by atoms with E-state index in [2.05, 4.69) is 0 Å². The molecule has 1 heterocycles. The van der Waals surface area contributed by atoms with E-state index < -0.39 is 21.5 Å². The Morgan fingerprint density at radius 1 is 1.00 bits per heavy atom. The number of hydrogen-bond acceptors (Lipinski definition) is 7. The minimum atomic E-state index is -3.97. The van der Waals surface area contributed by atoms with Crippen LogP contribution in [0.2, 0.25) is 0 Å². The molecule has 1 aliphatic rings. The molecule has 0 aliphatic carbocycles. The van der Waals surface area contributed by atoms with E-state index in [0.717, 1.165) is 10.5 Å². The molecule has 1 aliphatic heterocycles. The molecule has 6 nitrogen and oxygen atoms in total. The predicted octanol–water partition coefficient (Wildman–Crippen LogP) is 4.62. The van der Waals surface area contributed by atoms with Crippen molar-refractivity contribution in [2.75, 3.05) is 0 Å². The van der Waals surface area contributed by atoms with Gasteiger partial charge in [0.1, 0.15) is 10.6 Å². The maximum atomic E-state index is 12.6. The molecule has 3 aromatic carbocycles. The summed E-state index contributed by atoms with van der Waals surface area (Å²) in [5.41, 5.74) is 1.18. The highest BCUT2D eigenvalue weighted by Crippen LogP contribution is 2.35. The van der Waals surface area contributed by atoms with Gasteiger partial charge in [0.2, 0.25) is 0 Å². The fourth-order valence-corrected chi connectivity index (χ4v) is 5.03. The Morgan fingerprint density at radius 3 is 2.39 bits per heavy atom. The minimum absolute atomic E-state index is 0.00656. The zero-order chi connectivity index (χ0) is 22.0. The van der Waals surface area contributed by atoms with E-state index in [4.69, 9.17) is 8.92 Å². The van der Waals surface area contributed by atoms with Gasteiger partial charge in [0.05, 0.1) is 12.0 Å². The predicted molar refractivity (Wildman–Crippen MR) is 116 cm³/mol. The Kier molecular flexibility index (Phi) is 5.84. The van der Waals surface area contributed by atoms with Crippen molar-refractivity contribution in [3.05, 3.63) is 89.5 Å². The number of hydrogen-bond donors (Lipinski definition) is 0. The Bertz CT molecular complexity index is 1230. The van der Waals surface area contributed by atoms with Crippen molar-refractivity contribution in [3.63, 3.8) is 0 Å². The molecule has 4 rings (SSSR count). The van der Waals surface area contributed by atoms with E-state index >= 15 is 0 Å². The SMILES string of the molecule is Cc1ccc(S(=O)(=O)Oc2ccc(C(=O)CC3OC(=O)c4ccccc4S3)cc2)cc1. The molecule has 31 heavy (non-hydrogen) atoms. The molecule has 0 fully saturated rings. The molecule has 0 spiro atoms. The first-order valence-electron chi connectivity index (χ1n) is 9.43. The lowest BCUT2D eigenvalue weighted by Gasteiger charge is -2.23. The molecule has 158 valence electrons. The summed E-state index contributed by atoms with van der Waals surface area (Å²) in [6, 6.07) is 19.2. The lowest BCUT2D eigenvalue weighted by molar-refractivity contribution is 0.0428. The van der Waals surface area contributed by atoms with Gasteiger partial charge in [0, 0.05) is 10.5 Å². The molecule has 1 unspecified atom stereocenters. The van der Waals surface area contributed by atoms with E-state index in [-0.39, 0.29) is 22.8 Å². The highest BCUT2D eigenvalue weighted by molar-refractivity contribution is 8.00. The van der Waals surface area contributed by atoms with Gasteiger partial charge in [-0.3, -0.25) is 4.79 Å². The fraction of sp³-hybridized carbons (Fsp3) is 0.130.